The van der Waals surface area contributed by atoms with Gasteiger partial charge < -0.3 is 10.3 Å². The van der Waals surface area contributed by atoms with E-state index in [1.165, 1.54) is 10.4 Å². The van der Waals surface area contributed by atoms with E-state index in [1.807, 2.05) is 0 Å². The predicted octanol–water partition coefficient (Wildman–Crippen LogP) is 0.00750. The summed E-state index contributed by atoms with van der Waals surface area (Å²) in [5.41, 5.74) is 3.99. The Hall–Kier alpha value is -1.84. The average molecular weight is 276 g/mol. The summed E-state index contributed by atoms with van der Waals surface area (Å²) in [5, 5.41) is 12.6. The van der Waals surface area contributed by atoms with Crippen molar-refractivity contribution in [3.63, 3.8) is 0 Å². The van der Waals surface area contributed by atoms with E-state index in [0.29, 0.717) is 11.6 Å². The molecule has 8 nitrogen and oxygen atoms in total. The largest absolute Gasteiger partial charge is 0.308 e. The number of nitrogens with zero attached hydrogens (tertiary/aromatic N) is 6. The fourth-order valence-corrected chi connectivity index (χ4v) is 3.93. The highest BCUT2D eigenvalue weighted by Gasteiger charge is 2.23. The molecule has 3 N–H and O–H groups in total. The zero-order valence-corrected chi connectivity index (χ0v) is 11.1. The molecule has 0 amide bonds. The van der Waals surface area contributed by atoms with Crippen LogP contribution in [0.15, 0.2) is 0 Å². The monoisotopic (exact) mass is 276 g/mol. The maximum atomic E-state index is 5.60. The lowest BCUT2D eigenvalue weighted by molar-refractivity contribution is 0.318. The van der Waals surface area contributed by atoms with Crippen molar-refractivity contribution in [1.82, 2.24) is 29.9 Å². The quantitative estimate of drug-likeness (QED) is 0.477. The normalized spacial score (nSPS) is 16.1. The van der Waals surface area contributed by atoms with Gasteiger partial charge in [-0.25, -0.2) is 5.84 Å². The minimum atomic E-state index is 0.465. The molecule has 0 saturated carbocycles. The molecule has 0 aliphatic carbocycles. The van der Waals surface area contributed by atoms with Crippen molar-refractivity contribution < 1.29 is 0 Å². The second-order valence-corrected chi connectivity index (χ2v) is 5.75. The fraction of sp³-hybridized carbons (Fsp3) is 0.400. The maximum Gasteiger partial charge on any atom is 0.276 e. The molecule has 0 radical (unpaired) electrons. The molecule has 0 atom stereocenters. The van der Waals surface area contributed by atoms with Gasteiger partial charge in [-0.15, -0.1) is 11.3 Å². The molecule has 0 unspecified atom stereocenters. The van der Waals surface area contributed by atoms with E-state index >= 15 is 0 Å². The molecule has 3 aromatic rings. The van der Waals surface area contributed by atoms with Gasteiger partial charge in [0.1, 0.15) is 4.83 Å². The summed E-state index contributed by atoms with van der Waals surface area (Å²) in [6, 6.07) is 0. The number of nitrogens with two attached hydrogens (primary N) is 1. The Kier molecular flexibility index (Phi) is 2.22. The minimum Gasteiger partial charge on any atom is -0.308 e. The number of fused-ring (bicyclic) bond motifs is 5. The zero-order chi connectivity index (χ0) is 13.0. The van der Waals surface area contributed by atoms with Gasteiger partial charge in [-0.1, -0.05) is 5.10 Å². The third-order valence-electron chi connectivity index (χ3n) is 3.46. The summed E-state index contributed by atoms with van der Waals surface area (Å²) in [5.74, 6) is 6.72. The molecule has 3 aromatic heterocycles. The first kappa shape index (κ1) is 11.0. The number of aromatic nitrogens is 5. The van der Waals surface area contributed by atoms with E-state index in [0.717, 1.165) is 29.7 Å². The third kappa shape index (κ3) is 1.46. The highest BCUT2D eigenvalue weighted by Crippen LogP contribution is 2.37. The van der Waals surface area contributed by atoms with Crippen LogP contribution >= 0.6 is 11.3 Å². The second-order valence-electron chi connectivity index (χ2n) is 4.67. The van der Waals surface area contributed by atoms with Gasteiger partial charge in [-0.05, 0) is 29.5 Å². The number of anilines is 1. The summed E-state index contributed by atoms with van der Waals surface area (Å²) >= 11 is 1.71. The highest BCUT2D eigenvalue weighted by atomic mass is 32.1. The molecule has 0 fully saturated rings. The van der Waals surface area contributed by atoms with Crippen LogP contribution in [0.5, 0.6) is 0 Å². The number of nitrogens with one attached hydrogen (secondary N) is 1. The van der Waals surface area contributed by atoms with Crippen molar-refractivity contribution >= 4 is 33.1 Å². The van der Waals surface area contributed by atoms with Gasteiger partial charge in [-0.2, -0.15) is 9.50 Å². The van der Waals surface area contributed by atoms with Crippen molar-refractivity contribution in [3.05, 3.63) is 10.4 Å². The average Bonchev–Trinajstić information content (AvgIpc) is 2.99. The first-order valence-electron chi connectivity index (χ1n) is 5.95. The van der Waals surface area contributed by atoms with Gasteiger partial charge in [0.2, 0.25) is 0 Å². The van der Waals surface area contributed by atoms with Crippen LogP contribution in [0.25, 0.3) is 16.0 Å². The Morgan fingerprint density at radius 3 is 3.16 bits per heavy atom. The molecule has 98 valence electrons. The Balaban J connectivity index is 2.13. The summed E-state index contributed by atoms with van der Waals surface area (Å²) in [6.45, 7) is 1.98. The fourth-order valence-electron chi connectivity index (χ4n) is 2.55. The van der Waals surface area contributed by atoms with E-state index in [1.54, 1.807) is 15.9 Å². The van der Waals surface area contributed by atoms with E-state index in [4.69, 9.17) is 5.84 Å². The van der Waals surface area contributed by atoms with Crippen molar-refractivity contribution in [1.29, 1.82) is 0 Å². The topological polar surface area (TPSA) is 97.3 Å². The van der Waals surface area contributed by atoms with Crippen LogP contribution in [0, 0.1) is 0 Å². The summed E-state index contributed by atoms with van der Waals surface area (Å²) in [6.07, 6.45) is 0.996. The molecular formula is C10H12N8S. The molecule has 0 aromatic carbocycles. The maximum absolute atomic E-state index is 5.60. The zero-order valence-electron chi connectivity index (χ0n) is 10.3. The lowest BCUT2D eigenvalue weighted by Crippen LogP contribution is -2.25. The standard InChI is InChI=1S/C10H12N8S/c1-17-3-2-5-6(4-17)19-9-7(5)8(13-11)12-10-14-15-16-18(9)10/h2-4,11H2,1H3,(H,12,13,14,16). The first-order valence-corrected chi connectivity index (χ1v) is 6.77. The van der Waals surface area contributed by atoms with Crippen molar-refractivity contribution in [2.75, 3.05) is 19.0 Å². The van der Waals surface area contributed by atoms with Crippen LogP contribution in [-0.2, 0) is 13.0 Å². The smallest absolute Gasteiger partial charge is 0.276 e. The molecule has 0 bridgehead atoms. The van der Waals surface area contributed by atoms with Crippen molar-refractivity contribution in [3.8, 4) is 0 Å². The number of likely N-dealkylation sites (N-methyl/N-ethyl adjacent to an activating group) is 1. The van der Waals surface area contributed by atoms with Crippen LogP contribution in [0.1, 0.15) is 10.4 Å². The molecule has 4 rings (SSSR count). The minimum absolute atomic E-state index is 0.465. The number of thiophene rings is 1. The van der Waals surface area contributed by atoms with Crippen molar-refractivity contribution in [2.24, 2.45) is 5.84 Å². The van der Waals surface area contributed by atoms with Gasteiger partial charge in [0.15, 0.2) is 5.82 Å². The van der Waals surface area contributed by atoms with Gasteiger partial charge in [0, 0.05) is 18.0 Å². The van der Waals surface area contributed by atoms with E-state index in [2.05, 4.69) is 37.9 Å². The van der Waals surface area contributed by atoms with Gasteiger partial charge >= 0.3 is 0 Å². The lowest BCUT2D eigenvalue weighted by Gasteiger charge is -2.22. The van der Waals surface area contributed by atoms with E-state index in [9.17, 15) is 0 Å². The first-order chi connectivity index (χ1) is 9.28. The summed E-state index contributed by atoms with van der Waals surface area (Å²) < 4.78 is 1.68. The van der Waals surface area contributed by atoms with Crippen LogP contribution in [0.3, 0.4) is 0 Å². The Labute approximate surface area is 112 Å². The number of hydrazine groups is 1. The SMILES string of the molecule is CN1CCc2c(sc3c2c(NN)nc2nnnn23)C1. The lowest BCUT2D eigenvalue weighted by atomic mass is 10.1. The molecular weight excluding hydrogens is 264 g/mol. The van der Waals surface area contributed by atoms with Crippen LogP contribution < -0.4 is 11.3 Å². The molecule has 9 heteroatoms. The number of hydrogen-bond donors (Lipinski definition) is 2. The van der Waals surface area contributed by atoms with E-state index < -0.39 is 0 Å². The number of nitrogen functional groups attached to an aromatic ring is 1. The predicted molar refractivity (Wildman–Crippen MR) is 71.8 cm³/mol. The number of rotatable bonds is 1. The van der Waals surface area contributed by atoms with Crippen molar-refractivity contribution in [2.45, 2.75) is 13.0 Å². The molecule has 4 heterocycles. The molecule has 19 heavy (non-hydrogen) atoms. The number of hydrogen-bond acceptors (Lipinski definition) is 8. The highest BCUT2D eigenvalue weighted by molar-refractivity contribution is 7.19. The second kappa shape index (κ2) is 3.83. The van der Waals surface area contributed by atoms with Gasteiger partial charge in [0.25, 0.3) is 5.78 Å². The Morgan fingerprint density at radius 1 is 1.42 bits per heavy atom. The van der Waals surface area contributed by atoms with Gasteiger partial charge in [0.05, 0.1) is 5.39 Å². The summed E-state index contributed by atoms with van der Waals surface area (Å²) in [7, 11) is 2.13. The Bertz CT molecular complexity index is 775. The number of tetrazole rings is 1. The van der Waals surface area contributed by atoms with Crippen LogP contribution in [0.4, 0.5) is 5.82 Å². The summed E-state index contributed by atoms with van der Waals surface area (Å²) in [4.78, 5) is 9.01. The van der Waals surface area contributed by atoms with Gasteiger partial charge in [-0.3, -0.25) is 0 Å². The third-order valence-corrected chi connectivity index (χ3v) is 4.65. The molecule has 0 spiro atoms. The molecule has 1 aliphatic heterocycles. The van der Waals surface area contributed by atoms with E-state index in [-0.39, 0.29) is 0 Å². The Morgan fingerprint density at radius 2 is 2.32 bits per heavy atom. The van der Waals surface area contributed by atoms with Crippen LogP contribution in [-0.4, -0.2) is 43.5 Å². The molecule has 1 aliphatic rings. The molecule has 0 saturated heterocycles. The van der Waals surface area contributed by atoms with Crippen LogP contribution in [0.2, 0.25) is 0 Å².